The molecule has 0 amide bonds. The van der Waals surface area contributed by atoms with E-state index in [4.69, 9.17) is 5.73 Å². The van der Waals surface area contributed by atoms with Gasteiger partial charge in [0.2, 0.25) is 0 Å². The van der Waals surface area contributed by atoms with E-state index in [0.717, 1.165) is 25.0 Å². The van der Waals surface area contributed by atoms with E-state index in [2.05, 4.69) is 0 Å². The highest BCUT2D eigenvalue weighted by Crippen LogP contribution is 2.12. The van der Waals surface area contributed by atoms with E-state index in [1.165, 1.54) is 6.07 Å². The van der Waals surface area contributed by atoms with Gasteiger partial charge in [-0.05, 0) is 49.6 Å². The molecule has 0 spiro atoms. The highest BCUT2D eigenvalue weighted by Gasteiger charge is 2.02. The molecule has 1 aromatic carbocycles. The van der Waals surface area contributed by atoms with Gasteiger partial charge in [0.1, 0.15) is 11.6 Å². The molecular formula is C10H14ClF2N. The van der Waals surface area contributed by atoms with Crippen molar-refractivity contribution in [2.24, 2.45) is 5.73 Å². The molecule has 0 unspecified atom stereocenters. The minimum Gasteiger partial charge on any atom is -0.330 e. The number of nitrogens with two attached hydrogens (primary N) is 1. The monoisotopic (exact) mass is 221 g/mol. The highest BCUT2D eigenvalue weighted by atomic mass is 35.5. The van der Waals surface area contributed by atoms with Crippen molar-refractivity contribution in [1.29, 1.82) is 0 Å². The van der Waals surface area contributed by atoms with E-state index >= 15 is 0 Å². The van der Waals surface area contributed by atoms with Crippen LogP contribution in [-0.2, 0) is 6.42 Å². The fraction of sp³-hybridized carbons (Fsp3) is 0.400. The van der Waals surface area contributed by atoms with Gasteiger partial charge in [-0.3, -0.25) is 0 Å². The predicted molar refractivity (Wildman–Crippen MR) is 55.6 cm³/mol. The number of hydrogen-bond acceptors (Lipinski definition) is 1. The third kappa shape index (κ3) is 4.03. The van der Waals surface area contributed by atoms with Crippen LogP contribution in [0.4, 0.5) is 8.78 Å². The molecule has 4 heteroatoms. The zero-order chi connectivity index (χ0) is 9.68. The number of benzene rings is 1. The summed E-state index contributed by atoms with van der Waals surface area (Å²) in [6, 6.07) is 3.53. The SMILES string of the molecule is Cl.NCCCCc1cc(F)ccc1F. The van der Waals surface area contributed by atoms with Gasteiger partial charge in [-0.15, -0.1) is 12.4 Å². The summed E-state index contributed by atoms with van der Waals surface area (Å²) in [6.07, 6.45) is 2.20. The second kappa shape index (κ2) is 6.74. The number of aryl methyl sites for hydroxylation is 1. The first-order chi connectivity index (χ1) is 6.24. The van der Waals surface area contributed by atoms with Crippen LogP contribution in [0.15, 0.2) is 18.2 Å². The van der Waals surface area contributed by atoms with Crippen molar-refractivity contribution >= 4 is 12.4 Å². The molecule has 1 rings (SSSR count). The molecule has 0 bridgehead atoms. The van der Waals surface area contributed by atoms with Crippen LogP contribution in [0.5, 0.6) is 0 Å². The smallest absolute Gasteiger partial charge is 0.126 e. The summed E-state index contributed by atoms with van der Waals surface area (Å²) in [5.41, 5.74) is 5.73. The fourth-order valence-electron chi connectivity index (χ4n) is 1.19. The Kier molecular flexibility index (Phi) is 6.41. The van der Waals surface area contributed by atoms with Gasteiger partial charge in [-0.2, -0.15) is 0 Å². The maximum Gasteiger partial charge on any atom is 0.126 e. The van der Waals surface area contributed by atoms with E-state index < -0.39 is 0 Å². The van der Waals surface area contributed by atoms with Crippen molar-refractivity contribution in [1.82, 2.24) is 0 Å². The number of halogens is 3. The second-order valence-electron chi connectivity index (χ2n) is 2.98. The third-order valence-corrected chi connectivity index (χ3v) is 1.91. The number of unbranched alkanes of at least 4 members (excludes halogenated alkanes) is 1. The van der Waals surface area contributed by atoms with E-state index in [0.29, 0.717) is 18.5 Å². The fourth-order valence-corrected chi connectivity index (χ4v) is 1.19. The van der Waals surface area contributed by atoms with Crippen LogP contribution in [0.1, 0.15) is 18.4 Å². The molecule has 0 aromatic heterocycles. The summed E-state index contributed by atoms with van der Waals surface area (Å²) in [5.74, 6) is -0.720. The number of hydrogen-bond donors (Lipinski definition) is 1. The Balaban J connectivity index is 0.00000169. The highest BCUT2D eigenvalue weighted by molar-refractivity contribution is 5.85. The molecule has 1 aromatic rings. The van der Waals surface area contributed by atoms with Crippen molar-refractivity contribution in [2.45, 2.75) is 19.3 Å². The van der Waals surface area contributed by atoms with Crippen LogP contribution in [0.3, 0.4) is 0 Å². The van der Waals surface area contributed by atoms with Gasteiger partial charge in [-0.25, -0.2) is 8.78 Å². The Morgan fingerprint density at radius 2 is 1.86 bits per heavy atom. The normalized spacial score (nSPS) is 9.64. The lowest BCUT2D eigenvalue weighted by atomic mass is 10.1. The zero-order valence-electron chi connectivity index (χ0n) is 7.80. The lowest BCUT2D eigenvalue weighted by Gasteiger charge is -2.02. The van der Waals surface area contributed by atoms with E-state index in [1.807, 2.05) is 0 Å². The van der Waals surface area contributed by atoms with Gasteiger partial charge in [0.25, 0.3) is 0 Å². The van der Waals surface area contributed by atoms with E-state index in [1.54, 1.807) is 0 Å². The van der Waals surface area contributed by atoms with Gasteiger partial charge in [0.15, 0.2) is 0 Å². The molecule has 14 heavy (non-hydrogen) atoms. The maximum atomic E-state index is 13.0. The van der Waals surface area contributed by atoms with E-state index in [9.17, 15) is 8.78 Å². The first-order valence-corrected chi connectivity index (χ1v) is 4.38. The summed E-state index contributed by atoms with van der Waals surface area (Å²) >= 11 is 0. The largest absolute Gasteiger partial charge is 0.330 e. The van der Waals surface area contributed by atoms with Crippen LogP contribution < -0.4 is 5.73 Å². The molecule has 0 aliphatic rings. The van der Waals surface area contributed by atoms with Crippen LogP contribution >= 0.6 is 12.4 Å². The lowest BCUT2D eigenvalue weighted by molar-refractivity contribution is 0.578. The minimum atomic E-state index is -0.385. The van der Waals surface area contributed by atoms with Crippen molar-refractivity contribution in [2.75, 3.05) is 6.54 Å². The zero-order valence-corrected chi connectivity index (χ0v) is 8.62. The summed E-state index contributed by atoms with van der Waals surface area (Å²) in [6.45, 7) is 0.594. The first kappa shape index (κ1) is 13.3. The third-order valence-electron chi connectivity index (χ3n) is 1.91. The van der Waals surface area contributed by atoms with Gasteiger partial charge in [-0.1, -0.05) is 0 Å². The summed E-state index contributed by atoms with van der Waals surface area (Å²) in [4.78, 5) is 0. The molecule has 0 atom stereocenters. The van der Waals surface area contributed by atoms with Crippen molar-refractivity contribution < 1.29 is 8.78 Å². The molecule has 0 aliphatic heterocycles. The van der Waals surface area contributed by atoms with Crippen molar-refractivity contribution in [3.63, 3.8) is 0 Å². The Labute approximate surface area is 88.7 Å². The standard InChI is InChI=1S/C10H13F2N.ClH/c11-9-4-5-10(12)8(7-9)3-1-2-6-13;/h4-5,7H,1-3,6,13H2;1H. The lowest BCUT2D eigenvalue weighted by Crippen LogP contribution is -2.00. The molecule has 0 aliphatic carbocycles. The Bertz CT molecular complexity index is 279. The summed E-state index contributed by atoms with van der Waals surface area (Å²) in [5, 5.41) is 0. The van der Waals surface area contributed by atoms with Crippen LogP contribution in [-0.4, -0.2) is 6.54 Å². The predicted octanol–water partition coefficient (Wildman–Crippen LogP) is 2.67. The van der Waals surface area contributed by atoms with Gasteiger partial charge in [0, 0.05) is 0 Å². The van der Waals surface area contributed by atoms with Crippen molar-refractivity contribution in [3.05, 3.63) is 35.4 Å². The van der Waals surface area contributed by atoms with Gasteiger partial charge >= 0.3 is 0 Å². The van der Waals surface area contributed by atoms with Gasteiger partial charge < -0.3 is 5.73 Å². The Morgan fingerprint density at radius 1 is 1.14 bits per heavy atom. The van der Waals surface area contributed by atoms with Crippen LogP contribution in [0.2, 0.25) is 0 Å². The second-order valence-corrected chi connectivity index (χ2v) is 2.98. The number of rotatable bonds is 4. The molecular weight excluding hydrogens is 208 g/mol. The molecule has 0 saturated heterocycles. The van der Waals surface area contributed by atoms with Crippen LogP contribution in [0.25, 0.3) is 0 Å². The molecule has 0 fully saturated rings. The topological polar surface area (TPSA) is 26.0 Å². The first-order valence-electron chi connectivity index (χ1n) is 4.38. The molecule has 0 saturated carbocycles. The molecule has 0 radical (unpaired) electrons. The average molecular weight is 222 g/mol. The van der Waals surface area contributed by atoms with Crippen LogP contribution in [0, 0.1) is 11.6 Å². The minimum absolute atomic E-state index is 0. The quantitative estimate of drug-likeness (QED) is 0.778. The molecule has 1 nitrogen and oxygen atoms in total. The van der Waals surface area contributed by atoms with E-state index in [-0.39, 0.29) is 24.0 Å². The molecule has 80 valence electrons. The summed E-state index contributed by atoms with van der Waals surface area (Å²) in [7, 11) is 0. The molecule has 0 heterocycles. The Morgan fingerprint density at radius 3 is 2.50 bits per heavy atom. The van der Waals surface area contributed by atoms with Crippen molar-refractivity contribution in [3.8, 4) is 0 Å². The maximum absolute atomic E-state index is 13.0. The summed E-state index contributed by atoms with van der Waals surface area (Å²) < 4.78 is 25.7. The molecule has 2 N–H and O–H groups in total. The Hall–Kier alpha value is -0.670. The average Bonchev–Trinajstić information content (AvgIpc) is 2.11. The van der Waals surface area contributed by atoms with Gasteiger partial charge in [0.05, 0.1) is 0 Å².